The lowest BCUT2D eigenvalue weighted by molar-refractivity contribution is 0.0681. The molecule has 0 radical (unpaired) electrons. The zero-order valence-electron chi connectivity index (χ0n) is 18.8. The molecule has 166 valence electrons. The van der Waals surface area contributed by atoms with E-state index < -0.39 is 0 Å². The van der Waals surface area contributed by atoms with E-state index in [1.54, 1.807) is 0 Å². The molecule has 2 aromatic carbocycles. The van der Waals surface area contributed by atoms with Gasteiger partial charge < -0.3 is 14.4 Å². The van der Waals surface area contributed by atoms with E-state index in [-0.39, 0.29) is 11.9 Å². The summed E-state index contributed by atoms with van der Waals surface area (Å²) >= 11 is 1.49. The fraction of sp³-hybridized carbons (Fsp3) is 0.385. The van der Waals surface area contributed by atoms with Crippen molar-refractivity contribution in [1.82, 2.24) is 9.88 Å². The molecular formula is C26H28N2O3S. The number of aromatic nitrogens is 1. The van der Waals surface area contributed by atoms with Crippen molar-refractivity contribution in [3.63, 3.8) is 0 Å². The number of rotatable bonds is 3. The SMILES string of the molecule is CCc1ccc(-c2nc(C)c(C(=O)N3CCc4cc5c(cc4[C@H]3C)OCCCO5)s2)cc1. The second-order valence-corrected chi connectivity index (χ2v) is 9.46. The summed E-state index contributed by atoms with van der Waals surface area (Å²) < 4.78 is 11.8. The molecule has 3 heterocycles. The smallest absolute Gasteiger partial charge is 0.266 e. The predicted molar refractivity (Wildman–Crippen MR) is 127 cm³/mol. The van der Waals surface area contributed by atoms with Crippen LogP contribution in [0.4, 0.5) is 0 Å². The van der Waals surface area contributed by atoms with Gasteiger partial charge in [0.1, 0.15) is 9.88 Å². The third-order valence-electron chi connectivity index (χ3n) is 6.41. The van der Waals surface area contributed by atoms with Gasteiger partial charge in [0.25, 0.3) is 5.91 Å². The number of fused-ring (bicyclic) bond motifs is 2. The van der Waals surface area contributed by atoms with Crippen LogP contribution in [0.2, 0.25) is 0 Å². The van der Waals surface area contributed by atoms with E-state index in [0.29, 0.717) is 19.8 Å². The molecule has 6 heteroatoms. The minimum atomic E-state index is -0.0304. The average molecular weight is 449 g/mol. The van der Waals surface area contributed by atoms with Gasteiger partial charge >= 0.3 is 0 Å². The van der Waals surface area contributed by atoms with E-state index in [2.05, 4.69) is 50.2 Å². The van der Waals surface area contributed by atoms with E-state index in [0.717, 1.165) is 57.5 Å². The van der Waals surface area contributed by atoms with Gasteiger partial charge in [-0.15, -0.1) is 11.3 Å². The standard InChI is InChI=1S/C26H28N2O3S/c1-4-18-6-8-19(9-7-18)25-27-16(2)24(32-25)26(29)28-11-10-20-14-22-23(15-21(20)17(28)3)31-13-5-12-30-22/h6-9,14-15,17H,4-5,10-13H2,1-3H3/t17-/m1/s1. The molecule has 0 saturated carbocycles. The predicted octanol–water partition coefficient (Wildman–Crippen LogP) is 5.60. The first kappa shape index (κ1) is 21.0. The van der Waals surface area contributed by atoms with Gasteiger partial charge in [0.05, 0.1) is 24.9 Å². The number of carbonyl (C=O) groups excluding carboxylic acids is 1. The molecule has 32 heavy (non-hydrogen) atoms. The lowest BCUT2D eigenvalue weighted by Crippen LogP contribution is -2.38. The van der Waals surface area contributed by atoms with Crippen molar-refractivity contribution < 1.29 is 14.3 Å². The molecule has 5 nitrogen and oxygen atoms in total. The van der Waals surface area contributed by atoms with Crippen molar-refractivity contribution in [2.45, 2.75) is 46.1 Å². The van der Waals surface area contributed by atoms with E-state index in [9.17, 15) is 4.79 Å². The van der Waals surface area contributed by atoms with Crippen LogP contribution in [0.5, 0.6) is 11.5 Å². The Morgan fingerprint density at radius 1 is 1.16 bits per heavy atom. The number of hydrogen-bond donors (Lipinski definition) is 0. The minimum absolute atomic E-state index is 0.0304. The van der Waals surface area contributed by atoms with Crippen LogP contribution in [0.1, 0.15) is 58.4 Å². The first-order valence-corrected chi connectivity index (χ1v) is 12.2. The summed E-state index contributed by atoms with van der Waals surface area (Å²) in [7, 11) is 0. The number of benzene rings is 2. The maximum absolute atomic E-state index is 13.6. The largest absolute Gasteiger partial charge is 0.490 e. The molecule has 0 bridgehead atoms. The molecule has 2 aliphatic heterocycles. The van der Waals surface area contributed by atoms with Crippen molar-refractivity contribution >= 4 is 17.2 Å². The van der Waals surface area contributed by atoms with Gasteiger partial charge in [-0.2, -0.15) is 0 Å². The number of nitrogens with zero attached hydrogens (tertiary/aromatic N) is 2. The monoisotopic (exact) mass is 448 g/mol. The van der Waals surface area contributed by atoms with E-state index >= 15 is 0 Å². The van der Waals surface area contributed by atoms with Crippen molar-refractivity contribution in [2.75, 3.05) is 19.8 Å². The molecule has 2 aliphatic rings. The molecular weight excluding hydrogens is 420 g/mol. The summed E-state index contributed by atoms with van der Waals surface area (Å²) in [4.78, 5) is 21.0. The van der Waals surface area contributed by atoms with Crippen LogP contribution in [0.15, 0.2) is 36.4 Å². The lowest BCUT2D eigenvalue weighted by Gasteiger charge is -2.35. The van der Waals surface area contributed by atoms with Gasteiger partial charge in [0.15, 0.2) is 11.5 Å². The highest BCUT2D eigenvalue weighted by Gasteiger charge is 2.32. The number of thiazole rings is 1. The topological polar surface area (TPSA) is 51.7 Å². The molecule has 0 unspecified atom stereocenters. The Labute approximate surface area is 193 Å². The molecule has 0 aliphatic carbocycles. The quantitative estimate of drug-likeness (QED) is 0.523. The molecule has 1 amide bonds. The fourth-order valence-corrected chi connectivity index (χ4v) is 5.51. The molecule has 0 N–H and O–H groups in total. The second-order valence-electron chi connectivity index (χ2n) is 8.46. The Bertz CT molecular complexity index is 1150. The van der Waals surface area contributed by atoms with E-state index in [1.807, 2.05) is 11.8 Å². The zero-order chi connectivity index (χ0) is 22.2. The fourth-order valence-electron chi connectivity index (χ4n) is 4.48. The number of ether oxygens (including phenoxy) is 2. The summed E-state index contributed by atoms with van der Waals surface area (Å²) in [6, 6.07) is 12.6. The highest BCUT2D eigenvalue weighted by molar-refractivity contribution is 7.17. The first-order chi connectivity index (χ1) is 15.5. The Kier molecular flexibility index (Phi) is 5.64. The number of hydrogen-bond acceptors (Lipinski definition) is 5. The van der Waals surface area contributed by atoms with Gasteiger partial charge in [-0.3, -0.25) is 4.79 Å². The first-order valence-electron chi connectivity index (χ1n) is 11.3. The Morgan fingerprint density at radius 2 is 1.88 bits per heavy atom. The Hall–Kier alpha value is -2.86. The summed E-state index contributed by atoms with van der Waals surface area (Å²) in [5.74, 6) is 1.67. The van der Waals surface area contributed by atoms with Crippen molar-refractivity contribution in [3.8, 4) is 22.1 Å². The van der Waals surface area contributed by atoms with Gasteiger partial charge in [0, 0.05) is 18.5 Å². The van der Waals surface area contributed by atoms with Crippen LogP contribution in [-0.2, 0) is 12.8 Å². The van der Waals surface area contributed by atoms with Crippen LogP contribution in [-0.4, -0.2) is 35.5 Å². The molecule has 3 aromatic rings. The summed E-state index contributed by atoms with van der Waals surface area (Å²) in [6.07, 6.45) is 2.70. The third-order valence-corrected chi connectivity index (χ3v) is 7.60. The summed E-state index contributed by atoms with van der Waals surface area (Å²) in [5, 5.41) is 0.898. The number of amides is 1. The number of aryl methyl sites for hydroxylation is 2. The van der Waals surface area contributed by atoms with E-state index in [4.69, 9.17) is 14.5 Å². The molecule has 0 spiro atoms. The van der Waals surface area contributed by atoms with Crippen LogP contribution in [0, 0.1) is 6.92 Å². The molecule has 5 rings (SSSR count). The highest BCUT2D eigenvalue weighted by atomic mass is 32.1. The van der Waals surface area contributed by atoms with Gasteiger partial charge in [-0.25, -0.2) is 4.98 Å². The normalized spacial score (nSPS) is 17.6. The summed E-state index contributed by atoms with van der Waals surface area (Å²) in [6.45, 7) is 8.20. The van der Waals surface area contributed by atoms with Crippen molar-refractivity contribution in [2.24, 2.45) is 0 Å². The minimum Gasteiger partial charge on any atom is -0.490 e. The Morgan fingerprint density at radius 3 is 2.59 bits per heavy atom. The lowest BCUT2D eigenvalue weighted by atomic mass is 9.92. The maximum Gasteiger partial charge on any atom is 0.266 e. The zero-order valence-corrected chi connectivity index (χ0v) is 19.6. The molecule has 1 atom stereocenters. The van der Waals surface area contributed by atoms with Crippen molar-refractivity contribution in [3.05, 3.63) is 63.7 Å². The average Bonchev–Trinajstić information content (AvgIpc) is 3.05. The third kappa shape index (κ3) is 3.77. The van der Waals surface area contributed by atoms with E-state index in [1.165, 1.54) is 22.5 Å². The molecule has 0 saturated heterocycles. The van der Waals surface area contributed by atoms with Gasteiger partial charge in [-0.05, 0) is 55.5 Å². The Balaban J connectivity index is 1.42. The molecule has 1 aromatic heterocycles. The van der Waals surface area contributed by atoms with Crippen molar-refractivity contribution in [1.29, 1.82) is 0 Å². The molecule has 0 fully saturated rings. The number of carbonyl (C=O) groups is 1. The maximum atomic E-state index is 13.6. The van der Waals surface area contributed by atoms with Gasteiger partial charge in [-0.1, -0.05) is 31.2 Å². The van der Waals surface area contributed by atoms with Crippen LogP contribution in [0.3, 0.4) is 0 Å². The summed E-state index contributed by atoms with van der Waals surface area (Å²) in [5.41, 5.74) is 5.54. The second kappa shape index (κ2) is 8.58. The highest BCUT2D eigenvalue weighted by Crippen LogP contribution is 2.40. The van der Waals surface area contributed by atoms with Crippen LogP contribution in [0.25, 0.3) is 10.6 Å². The van der Waals surface area contributed by atoms with Crippen LogP contribution >= 0.6 is 11.3 Å². The van der Waals surface area contributed by atoms with Crippen LogP contribution < -0.4 is 9.47 Å². The van der Waals surface area contributed by atoms with Gasteiger partial charge in [0.2, 0.25) is 0 Å².